The summed E-state index contributed by atoms with van der Waals surface area (Å²) < 4.78 is 10.7. The molecule has 7 heteroatoms. The number of ether oxygens (including phenoxy) is 1. The van der Waals surface area contributed by atoms with Crippen molar-refractivity contribution in [1.82, 2.24) is 15.0 Å². The summed E-state index contributed by atoms with van der Waals surface area (Å²) in [6.45, 7) is 6.41. The molecule has 2 heterocycles. The van der Waals surface area contributed by atoms with E-state index in [9.17, 15) is 4.79 Å². The van der Waals surface area contributed by atoms with E-state index in [1.54, 1.807) is 13.0 Å². The Morgan fingerprint density at radius 3 is 2.54 bits per heavy atom. The number of amides is 1. The van der Waals surface area contributed by atoms with Crippen molar-refractivity contribution in [2.45, 2.75) is 6.92 Å². The minimum atomic E-state index is -0.0537. The minimum Gasteiger partial charge on any atom is -0.492 e. The van der Waals surface area contributed by atoms with Crippen LogP contribution in [0.5, 0.6) is 5.75 Å². The molecule has 0 unspecified atom stereocenters. The fourth-order valence-corrected chi connectivity index (χ4v) is 2.61. The molecule has 1 aromatic carbocycles. The largest absolute Gasteiger partial charge is 0.492 e. The van der Waals surface area contributed by atoms with E-state index in [4.69, 9.17) is 9.26 Å². The maximum Gasteiger partial charge on any atom is 0.276 e. The highest BCUT2D eigenvalue weighted by molar-refractivity contribution is 5.92. The van der Waals surface area contributed by atoms with Crippen LogP contribution in [0.4, 0.5) is 0 Å². The van der Waals surface area contributed by atoms with Gasteiger partial charge in [0.1, 0.15) is 18.1 Å². The quantitative estimate of drug-likeness (QED) is 0.826. The van der Waals surface area contributed by atoms with Crippen LogP contribution < -0.4 is 4.74 Å². The second kappa shape index (κ2) is 8.70. The van der Waals surface area contributed by atoms with Gasteiger partial charge in [0.25, 0.3) is 5.91 Å². The molecule has 6 nitrogen and oxygen atoms in total. The molecular formula is C17H22ClN3O3. The Balaban J connectivity index is 0.00000208. The van der Waals surface area contributed by atoms with Gasteiger partial charge in [0.05, 0.1) is 0 Å². The van der Waals surface area contributed by atoms with Gasteiger partial charge in [-0.25, -0.2) is 0 Å². The number of benzene rings is 1. The average Bonchev–Trinajstić information content (AvgIpc) is 3.02. The third-order valence-electron chi connectivity index (χ3n) is 3.93. The van der Waals surface area contributed by atoms with E-state index in [0.29, 0.717) is 31.2 Å². The van der Waals surface area contributed by atoms with Crippen molar-refractivity contribution in [1.29, 1.82) is 0 Å². The minimum absolute atomic E-state index is 0. The molecule has 1 aliphatic rings. The van der Waals surface area contributed by atoms with E-state index in [1.807, 2.05) is 35.2 Å². The summed E-state index contributed by atoms with van der Waals surface area (Å²) in [4.78, 5) is 16.4. The fraction of sp³-hybridized carbons (Fsp3) is 0.412. The van der Waals surface area contributed by atoms with Crippen LogP contribution in [0.3, 0.4) is 0 Å². The van der Waals surface area contributed by atoms with Crippen molar-refractivity contribution in [3.05, 3.63) is 47.9 Å². The first kappa shape index (κ1) is 18.3. The third-order valence-corrected chi connectivity index (χ3v) is 3.93. The monoisotopic (exact) mass is 351 g/mol. The molecule has 1 saturated heterocycles. The number of nitrogens with zero attached hydrogens (tertiary/aromatic N) is 3. The van der Waals surface area contributed by atoms with Crippen molar-refractivity contribution in [2.24, 2.45) is 0 Å². The molecule has 2 aromatic rings. The predicted octanol–water partition coefficient (Wildman–Crippen LogP) is 2.24. The van der Waals surface area contributed by atoms with Gasteiger partial charge in [0.2, 0.25) is 0 Å². The summed E-state index contributed by atoms with van der Waals surface area (Å²) in [5, 5.41) is 3.79. The third kappa shape index (κ3) is 4.72. The van der Waals surface area contributed by atoms with Crippen molar-refractivity contribution >= 4 is 18.3 Å². The fourth-order valence-electron chi connectivity index (χ4n) is 2.61. The van der Waals surface area contributed by atoms with Crippen LogP contribution in [0.25, 0.3) is 0 Å². The zero-order valence-electron chi connectivity index (χ0n) is 13.7. The molecule has 1 aromatic heterocycles. The summed E-state index contributed by atoms with van der Waals surface area (Å²) in [6.07, 6.45) is 0. The lowest BCUT2D eigenvalue weighted by atomic mass is 10.2. The topological polar surface area (TPSA) is 58.8 Å². The van der Waals surface area contributed by atoms with Crippen LogP contribution in [0.15, 0.2) is 40.9 Å². The first-order valence-corrected chi connectivity index (χ1v) is 7.85. The Kier molecular flexibility index (Phi) is 6.63. The van der Waals surface area contributed by atoms with Gasteiger partial charge in [0, 0.05) is 38.8 Å². The van der Waals surface area contributed by atoms with Crippen molar-refractivity contribution in [3.63, 3.8) is 0 Å². The van der Waals surface area contributed by atoms with Gasteiger partial charge in [-0.3, -0.25) is 9.69 Å². The van der Waals surface area contributed by atoms with Crippen molar-refractivity contribution in [2.75, 3.05) is 39.3 Å². The van der Waals surface area contributed by atoms with Gasteiger partial charge in [-0.2, -0.15) is 0 Å². The maximum absolute atomic E-state index is 12.3. The number of hydrogen-bond donors (Lipinski definition) is 0. The lowest BCUT2D eigenvalue weighted by molar-refractivity contribution is 0.0610. The Labute approximate surface area is 147 Å². The van der Waals surface area contributed by atoms with Gasteiger partial charge in [-0.05, 0) is 19.1 Å². The summed E-state index contributed by atoms with van der Waals surface area (Å²) in [5.74, 6) is 1.50. The smallest absolute Gasteiger partial charge is 0.276 e. The first-order chi connectivity index (χ1) is 11.2. The number of para-hydroxylation sites is 1. The average molecular weight is 352 g/mol. The Morgan fingerprint density at radius 1 is 1.21 bits per heavy atom. The Bertz CT molecular complexity index is 640. The summed E-state index contributed by atoms with van der Waals surface area (Å²) >= 11 is 0. The van der Waals surface area contributed by atoms with E-state index in [-0.39, 0.29) is 18.3 Å². The molecule has 0 N–H and O–H groups in total. The standard InChI is InChI=1S/C17H21N3O3.ClH/c1-14-13-16(18-23-14)17(21)20-9-7-19(8-10-20)11-12-22-15-5-3-2-4-6-15;/h2-6,13H,7-12H2,1H3;1H. The van der Waals surface area contributed by atoms with Crippen LogP contribution >= 0.6 is 12.4 Å². The number of aryl methyl sites for hydroxylation is 1. The Morgan fingerprint density at radius 2 is 1.92 bits per heavy atom. The number of carbonyl (C=O) groups is 1. The van der Waals surface area contributed by atoms with Gasteiger partial charge in [0.15, 0.2) is 5.69 Å². The van der Waals surface area contributed by atoms with E-state index < -0.39 is 0 Å². The number of piperazine rings is 1. The molecular weight excluding hydrogens is 330 g/mol. The summed E-state index contributed by atoms with van der Waals surface area (Å²) in [6, 6.07) is 11.5. The first-order valence-electron chi connectivity index (χ1n) is 7.85. The van der Waals surface area contributed by atoms with Gasteiger partial charge in [-0.15, -0.1) is 12.4 Å². The molecule has 1 fully saturated rings. The normalized spacial score (nSPS) is 15.0. The lowest BCUT2D eigenvalue weighted by Crippen LogP contribution is -2.49. The van der Waals surface area contributed by atoms with E-state index >= 15 is 0 Å². The van der Waals surface area contributed by atoms with Crippen LogP contribution in [-0.4, -0.2) is 60.2 Å². The van der Waals surface area contributed by atoms with Gasteiger partial charge >= 0.3 is 0 Å². The SMILES string of the molecule is Cc1cc(C(=O)N2CCN(CCOc3ccccc3)CC2)no1.Cl. The number of halogens is 1. The highest BCUT2D eigenvalue weighted by atomic mass is 35.5. The van der Waals surface area contributed by atoms with Crippen LogP contribution in [-0.2, 0) is 0 Å². The number of aromatic nitrogens is 1. The van der Waals surface area contributed by atoms with Crippen molar-refractivity contribution < 1.29 is 14.1 Å². The molecule has 24 heavy (non-hydrogen) atoms. The van der Waals surface area contributed by atoms with Gasteiger partial charge in [-0.1, -0.05) is 23.4 Å². The summed E-state index contributed by atoms with van der Waals surface area (Å²) in [7, 11) is 0. The number of hydrogen-bond acceptors (Lipinski definition) is 5. The molecule has 0 spiro atoms. The molecule has 3 rings (SSSR count). The van der Waals surface area contributed by atoms with Gasteiger partial charge < -0.3 is 14.2 Å². The van der Waals surface area contributed by atoms with Crippen molar-refractivity contribution in [3.8, 4) is 5.75 Å². The molecule has 0 radical (unpaired) electrons. The predicted molar refractivity (Wildman–Crippen MR) is 92.8 cm³/mol. The molecule has 130 valence electrons. The van der Waals surface area contributed by atoms with E-state index in [2.05, 4.69) is 10.1 Å². The molecule has 0 aliphatic carbocycles. The van der Waals surface area contributed by atoms with Crippen LogP contribution in [0, 0.1) is 6.92 Å². The Hall–Kier alpha value is -2.05. The second-order valence-electron chi connectivity index (χ2n) is 5.62. The van der Waals surface area contributed by atoms with E-state index in [1.165, 1.54) is 0 Å². The highest BCUT2D eigenvalue weighted by Crippen LogP contribution is 2.10. The lowest BCUT2D eigenvalue weighted by Gasteiger charge is -2.34. The number of carbonyl (C=O) groups excluding carboxylic acids is 1. The van der Waals surface area contributed by atoms with E-state index in [0.717, 1.165) is 25.4 Å². The molecule has 0 bridgehead atoms. The number of rotatable bonds is 5. The molecule has 0 saturated carbocycles. The van der Waals surface area contributed by atoms with Crippen LogP contribution in [0.1, 0.15) is 16.2 Å². The zero-order valence-corrected chi connectivity index (χ0v) is 14.5. The molecule has 0 atom stereocenters. The second-order valence-corrected chi connectivity index (χ2v) is 5.62. The maximum atomic E-state index is 12.3. The molecule has 1 aliphatic heterocycles. The van der Waals surface area contributed by atoms with Crippen LogP contribution in [0.2, 0.25) is 0 Å². The highest BCUT2D eigenvalue weighted by Gasteiger charge is 2.24. The zero-order chi connectivity index (χ0) is 16.1. The molecule has 1 amide bonds. The summed E-state index contributed by atoms with van der Waals surface area (Å²) in [5.41, 5.74) is 0.392.